The van der Waals surface area contributed by atoms with Crippen LogP contribution in [0.5, 0.6) is 0 Å². The summed E-state index contributed by atoms with van der Waals surface area (Å²) in [6.07, 6.45) is 8.18. The first-order valence-corrected chi connectivity index (χ1v) is 5.74. The Hall–Kier alpha value is -0.330. The van der Waals surface area contributed by atoms with Crippen molar-refractivity contribution in [2.45, 2.75) is 58.8 Å². The molecule has 0 aliphatic heterocycles. The molecule has 1 fully saturated rings. The zero-order chi connectivity index (χ0) is 9.68. The fourth-order valence-corrected chi connectivity index (χ4v) is 2.16. The van der Waals surface area contributed by atoms with Gasteiger partial charge in [-0.05, 0) is 18.3 Å². The van der Waals surface area contributed by atoms with Gasteiger partial charge in [0.05, 0.1) is 0 Å². The molecule has 0 heterocycles. The van der Waals surface area contributed by atoms with Crippen LogP contribution < -0.4 is 0 Å². The predicted molar refractivity (Wildman–Crippen MR) is 55.7 cm³/mol. The van der Waals surface area contributed by atoms with Crippen molar-refractivity contribution in [3.63, 3.8) is 0 Å². The van der Waals surface area contributed by atoms with E-state index < -0.39 is 0 Å². The molecule has 0 radical (unpaired) electrons. The summed E-state index contributed by atoms with van der Waals surface area (Å²) in [5.41, 5.74) is 0. The average Bonchev–Trinajstić information content (AvgIpc) is 2.16. The highest BCUT2D eigenvalue weighted by Gasteiger charge is 2.18. The molecule has 0 aromatic heterocycles. The van der Waals surface area contributed by atoms with Gasteiger partial charge in [-0.1, -0.05) is 39.5 Å². The second kappa shape index (κ2) is 5.41. The van der Waals surface area contributed by atoms with E-state index in [0.29, 0.717) is 5.78 Å². The summed E-state index contributed by atoms with van der Waals surface area (Å²) in [7, 11) is 0. The summed E-state index contributed by atoms with van der Waals surface area (Å²) in [6, 6.07) is 0. The van der Waals surface area contributed by atoms with E-state index >= 15 is 0 Å². The van der Waals surface area contributed by atoms with Gasteiger partial charge in [0.25, 0.3) is 0 Å². The maximum atomic E-state index is 11.1. The van der Waals surface area contributed by atoms with Crippen LogP contribution in [0.3, 0.4) is 0 Å². The molecular formula is C12H22O. The molecule has 1 saturated carbocycles. The molecule has 13 heavy (non-hydrogen) atoms. The van der Waals surface area contributed by atoms with Crippen LogP contribution in [0.4, 0.5) is 0 Å². The molecule has 0 saturated heterocycles. The summed E-state index contributed by atoms with van der Waals surface area (Å²) >= 11 is 0. The van der Waals surface area contributed by atoms with Gasteiger partial charge in [-0.15, -0.1) is 0 Å². The van der Waals surface area contributed by atoms with Gasteiger partial charge in [0.15, 0.2) is 0 Å². The summed E-state index contributed by atoms with van der Waals surface area (Å²) in [6.45, 7) is 4.30. The minimum atomic E-state index is 0.443. The number of carbonyl (C=O) groups is 1. The normalized spacial score (nSPS) is 28.8. The SMILES string of the molecule is CCC(=O)CCC1CCC(C)CC1. The fraction of sp³-hybridized carbons (Fsp3) is 0.917. The monoisotopic (exact) mass is 182 g/mol. The van der Waals surface area contributed by atoms with Gasteiger partial charge in [0.1, 0.15) is 5.78 Å². The molecule has 1 aliphatic rings. The van der Waals surface area contributed by atoms with Gasteiger partial charge in [0.2, 0.25) is 0 Å². The highest BCUT2D eigenvalue weighted by molar-refractivity contribution is 5.77. The van der Waals surface area contributed by atoms with Gasteiger partial charge < -0.3 is 0 Å². The van der Waals surface area contributed by atoms with E-state index in [0.717, 1.165) is 31.1 Å². The molecule has 0 N–H and O–H groups in total. The minimum Gasteiger partial charge on any atom is -0.300 e. The van der Waals surface area contributed by atoms with Gasteiger partial charge in [-0.2, -0.15) is 0 Å². The van der Waals surface area contributed by atoms with Crippen LogP contribution in [0.2, 0.25) is 0 Å². The average molecular weight is 182 g/mol. The van der Waals surface area contributed by atoms with Crippen LogP contribution in [0.15, 0.2) is 0 Å². The molecule has 1 heteroatoms. The smallest absolute Gasteiger partial charge is 0.132 e. The summed E-state index contributed by atoms with van der Waals surface area (Å²) in [4.78, 5) is 11.1. The third kappa shape index (κ3) is 3.93. The number of ketones is 1. The van der Waals surface area contributed by atoms with Crippen LogP contribution in [0, 0.1) is 11.8 Å². The van der Waals surface area contributed by atoms with Gasteiger partial charge in [-0.3, -0.25) is 4.79 Å². The van der Waals surface area contributed by atoms with E-state index in [2.05, 4.69) is 6.92 Å². The van der Waals surface area contributed by atoms with Crippen LogP contribution in [-0.2, 0) is 4.79 Å². The quantitative estimate of drug-likeness (QED) is 0.649. The van der Waals surface area contributed by atoms with Crippen LogP contribution in [0.1, 0.15) is 58.8 Å². The Kier molecular flexibility index (Phi) is 4.47. The standard InChI is InChI=1S/C12H22O/c1-3-12(13)9-8-11-6-4-10(2)5-7-11/h10-11H,3-9H2,1-2H3. The van der Waals surface area contributed by atoms with Crippen molar-refractivity contribution in [1.82, 2.24) is 0 Å². The first-order chi connectivity index (χ1) is 6.22. The van der Waals surface area contributed by atoms with Crippen molar-refractivity contribution >= 4 is 5.78 Å². The Labute approximate surface area is 81.9 Å². The molecule has 0 amide bonds. The van der Waals surface area contributed by atoms with E-state index in [1.165, 1.54) is 25.7 Å². The number of rotatable bonds is 4. The summed E-state index contributed by atoms with van der Waals surface area (Å²) in [5.74, 6) is 2.23. The van der Waals surface area contributed by atoms with Crippen molar-refractivity contribution in [3.05, 3.63) is 0 Å². The van der Waals surface area contributed by atoms with Crippen LogP contribution in [-0.4, -0.2) is 5.78 Å². The number of hydrogen-bond donors (Lipinski definition) is 0. The maximum absolute atomic E-state index is 11.1. The predicted octanol–water partition coefficient (Wildman–Crippen LogP) is 3.57. The molecule has 76 valence electrons. The second-order valence-electron chi connectivity index (χ2n) is 4.56. The van der Waals surface area contributed by atoms with Crippen LogP contribution >= 0.6 is 0 Å². The minimum absolute atomic E-state index is 0.443. The lowest BCUT2D eigenvalue weighted by Crippen LogP contribution is -2.13. The highest BCUT2D eigenvalue weighted by atomic mass is 16.1. The van der Waals surface area contributed by atoms with E-state index in [1.807, 2.05) is 6.92 Å². The molecule has 1 nitrogen and oxygen atoms in total. The molecule has 1 aliphatic carbocycles. The molecule has 0 aromatic rings. The Morgan fingerprint density at radius 2 is 1.85 bits per heavy atom. The third-order valence-corrected chi connectivity index (χ3v) is 3.36. The van der Waals surface area contributed by atoms with Crippen molar-refractivity contribution < 1.29 is 4.79 Å². The van der Waals surface area contributed by atoms with Crippen molar-refractivity contribution in [3.8, 4) is 0 Å². The second-order valence-corrected chi connectivity index (χ2v) is 4.56. The number of Topliss-reactive ketones (excluding diaryl/α,β-unsaturated/α-hetero) is 1. The molecule has 0 aromatic carbocycles. The van der Waals surface area contributed by atoms with Crippen LogP contribution in [0.25, 0.3) is 0 Å². The Morgan fingerprint density at radius 3 is 2.38 bits per heavy atom. The van der Waals surface area contributed by atoms with Gasteiger partial charge in [0, 0.05) is 12.8 Å². The lowest BCUT2D eigenvalue weighted by molar-refractivity contribution is -0.119. The Morgan fingerprint density at radius 1 is 1.23 bits per heavy atom. The summed E-state index contributed by atoms with van der Waals surface area (Å²) < 4.78 is 0. The van der Waals surface area contributed by atoms with E-state index in [9.17, 15) is 4.79 Å². The third-order valence-electron chi connectivity index (χ3n) is 3.36. The van der Waals surface area contributed by atoms with Crippen molar-refractivity contribution in [2.75, 3.05) is 0 Å². The zero-order valence-electron chi connectivity index (χ0n) is 9.01. The molecule has 0 unspecified atom stereocenters. The molecular weight excluding hydrogens is 160 g/mol. The number of carbonyl (C=O) groups excluding carboxylic acids is 1. The fourth-order valence-electron chi connectivity index (χ4n) is 2.16. The van der Waals surface area contributed by atoms with E-state index in [1.54, 1.807) is 0 Å². The molecule has 0 bridgehead atoms. The largest absolute Gasteiger partial charge is 0.300 e. The van der Waals surface area contributed by atoms with E-state index in [4.69, 9.17) is 0 Å². The van der Waals surface area contributed by atoms with Gasteiger partial charge >= 0.3 is 0 Å². The first-order valence-electron chi connectivity index (χ1n) is 5.74. The van der Waals surface area contributed by atoms with E-state index in [-0.39, 0.29) is 0 Å². The zero-order valence-corrected chi connectivity index (χ0v) is 9.01. The lowest BCUT2D eigenvalue weighted by atomic mass is 9.80. The summed E-state index contributed by atoms with van der Waals surface area (Å²) in [5, 5.41) is 0. The highest BCUT2D eigenvalue weighted by Crippen LogP contribution is 2.31. The topological polar surface area (TPSA) is 17.1 Å². The lowest BCUT2D eigenvalue weighted by Gasteiger charge is -2.25. The molecule has 1 rings (SSSR count). The number of hydrogen-bond acceptors (Lipinski definition) is 1. The Balaban J connectivity index is 2.12. The van der Waals surface area contributed by atoms with Crippen molar-refractivity contribution in [1.29, 1.82) is 0 Å². The maximum Gasteiger partial charge on any atom is 0.132 e. The van der Waals surface area contributed by atoms with Gasteiger partial charge in [-0.25, -0.2) is 0 Å². The molecule has 0 atom stereocenters. The molecule has 0 spiro atoms. The van der Waals surface area contributed by atoms with Crippen molar-refractivity contribution in [2.24, 2.45) is 11.8 Å². The first kappa shape index (κ1) is 10.7. The Bertz CT molecular complexity index is 155.